The first-order chi connectivity index (χ1) is 11.9. The van der Waals surface area contributed by atoms with Gasteiger partial charge in [0.15, 0.2) is 0 Å². The van der Waals surface area contributed by atoms with E-state index in [2.05, 4.69) is 6.92 Å². The second-order valence-corrected chi connectivity index (χ2v) is 8.50. The number of sulfonamides is 1. The van der Waals surface area contributed by atoms with E-state index in [-0.39, 0.29) is 0 Å². The van der Waals surface area contributed by atoms with Gasteiger partial charge in [-0.25, -0.2) is 8.42 Å². The maximum absolute atomic E-state index is 13.2. The van der Waals surface area contributed by atoms with Crippen molar-refractivity contribution in [3.05, 3.63) is 59.7 Å². The van der Waals surface area contributed by atoms with E-state index in [1.54, 1.807) is 16.4 Å². The molecule has 0 atom stereocenters. The van der Waals surface area contributed by atoms with E-state index in [1.807, 2.05) is 50.2 Å². The van der Waals surface area contributed by atoms with E-state index < -0.39 is 10.0 Å². The lowest BCUT2D eigenvalue weighted by Gasteiger charge is -2.25. The van der Waals surface area contributed by atoms with Gasteiger partial charge >= 0.3 is 0 Å². The lowest BCUT2D eigenvalue weighted by Crippen LogP contribution is -2.32. The van der Waals surface area contributed by atoms with E-state index in [0.29, 0.717) is 11.4 Å². The van der Waals surface area contributed by atoms with Crippen LogP contribution in [0.4, 0.5) is 5.69 Å². The fourth-order valence-electron chi connectivity index (χ4n) is 2.80. The maximum atomic E-state index is 13.2. The molecule has 0 saturated carbocycles. The normalized spacial score (nSPS) is 11.5. The number of anilines is 1. The number of unbranched alkanes of at least 4 members (excludes halogenated alkanes) is 4. The Hall–Kier alpha value is -1.81. The monoisotopic (exact) mass is 359 g/mol. The first kappa shape index (κ1) is 19.5. The molecule has 2 aromatic rings. The topological polar surface area (TPSA) is 37.4 Å². The lowest BCUT2D eigenvalue weighted by atomic mass is 10.1. The van der Waals surface area contributed by atoms with Crippen molar-refractivity contribution in [1.82, 2.24) is 0 Å². The number of hydrogen-bond acceptors (Lipinski definition) is 2. The molecule has 0 saturated heterocycles. The summed E-state index contributed by atoms with van der Waals surface area (Å²) in [6, 6.07) is 14.8. The molecule has 0 unspecified atom stereocenters. The van der Waals surface area contributed by atoms with Crippen molar-refractivity contribution in [1.29, 1.82) is 0 Å². The highest BCUT2D eigenvalue weighted by molar-refractivity contribution is 7.92. The zero-order valence-electron chi connectivity index (χ0n) is 15.5. The molecule has 0 aliphatic heterocycles. The Bertz CT molecular complexity index is 749. The minimum atomic E-state index is -3.54. The standard InChI is InChI=1S/C21H29NO2S/c1-4-5-6-7-8-17-22(20-13-9-18(2)10-14-20)25(23,24)21-15-11-19(3)12-16-21/h9-16H,4-8,17H2,1-3H3. The van der Waals surface area contributed by atoms with Gasteiger partial charge in [0.05, 0.1) is 10.6 Å². The van der Waals surface area contributed by atoms with Crippen LogP contribution in [-0.2, 0) is 10.0 Å². The van der Waals surface area contributed by atoms with Crippen LogP contribution in [0.3, 0.4) is 0 Å². The summed E-state index contributed by atoms with van der Waals surface area (Å²) in [7, 11) is -3.54. The Balaban J connectivity index is 2.26. The minimum absolute atomic E-state index is 0.354. The molecule has 25 heavy (non-hydrogen) atoms. The molecule has 0 N–H and O–H groups in total. The molecule has 0 heterocycles. The van der Waals surface area contributed by atoms with E-state index >= 15 is 0 Å². The highest BCUT2D eigenvalue weighted by Gasteiger charge is 2.24. The van der Waals surface area contributed by atoms with Crippen LogP contribution < -0.4 is 4.31 Å². The van der Waals surface area contributed by atoms with Crippen LogP contribution >= 0.6 is 0 Å². The molecule has 0 fully saturated rings. The molecule has 4 heteroatoms. The van der Waals surface area contributed by atoms with Gasteiger partial charge in [-0.2, -0.15) is 0 Å². The van der Waals surface area contributed by atoms with E-state index in [1.165, 1.54) is 12.8 Å². The summed E-state index contributed by atoms with van der Waals surface area (Å²) in [5.74, 6) is 0. The fourth-order valence-corrected chi connectivity index (χ4v) is 4.30. The Labute approximate surface area is 152 Å². The molecule has 0 radical (unpaired) electrons. The van der Waals surface area contributed by atoms with Gasteiger partial charge in [-0.05, 0) is 44.5 Å². The van der Waals surface area contributed by atoms with Crippen LogP contribution in [0.25, 0.3) is 0 Å². The second kappa shape index (κ2) is 9.04. The number of rotatable bonds is 9. The predicted octanol–water partition coefficient (Wildman–Crippen LogP) is 5.47. The van der Waals surface area contributed by atoms with Crippen LogP contribution in [0.15, 0.2) is 53.4 Å². The van der Waals surface area contributed by atoms with Gasteiger partial charge in [-0.15, -0.1) is 0 Å². The highest BCUT2D eigenvalue weighted by Crippen LogP contribution is 2.25. The summed E-state index contributed by atoms with van der Waals surface area (Å²) in [4.78, 5) is 0.354. The average Bonchev–Trinajstić information content (AvgIpc) is 2.59. The SMILES string of the molecule is CCCCCCCN(c1ccc(C)cc1)S(=O)(=O)c1ccc(C)cc1. The van der Waals surface area contributed by atoms with Crippen molar-refractivity contribution in [2.75, 3.05) is 10.8 Å². The van der Waals surface area contributed by atoms with Gasteiger partial charge in [0.1, 0.15) is 0 Å². The molecule has 0 aliphatic rings. The number of nitrogens with zero attached hydrogens (tertiary/aromatic N) is 1. The first-order valence-corrected chi connectivity index (χ1v) is 10.5. The van der Waals surface area contributed by atoms with E-state index in [0.717, 1.165) is 36.1 Å². The lowest BCUT2D eigenvalue weighted by molar-refractivity contribution is 0.583. The third-order valence-corrected chi connectivity index (χ3v) is 6.24. The fraction of sp³-hybridized carbons (Fsp3) is 0.429. The number of hydrogen-bond donors (Lipinski definition) is 0. The molecule has 136 valence electrons. The molecule has 3 nitrogen and oxygen atoms in total. The van der Waals surface area contributed by atoms with Gasteiger partial charge in [-0.3, -0.25) is 4.31 Å². The van der Waals surface area contributed by atoms with Crippen molar-refractivity contribution in [2.45, 2.75) is 57.8 Å². The van der Waals surface area contributed by atoms with Gasteiger partial charge in [0, 0.05) is 6.54 Å². The van der Waals surface area contributed by atoms with Crippen LogP contribution in [-0.4, -0.2) is 15.0 Å². The van der Waals surface area contributed by atoms with Gasteiger partial charge in [0.25, 0.3) is 10.0 Å². The molecule has 0 aromatic heterocycles. The smallest absolute Gasteiger partial charge is 0.264 e. The molecular formula is C21H29NO2S. The summed E-state index contributed by atoms with van der Waals surface area (Å²) in [5, 5.41) is 0. The largest absolute Gasteiger partial charge is 0.266 e. The van der Waals surface area contributed by atoms with E-state index in [9.17, 15) is 8.42 Å². The molecule has 0 aliphatic carbocycles. The van der Waals surface area contributed by atoms with Crippen molar-refractivity contribution in [2.24, 2.45) is 0 Å². The highest BCUT2D eigenvalue weighted by atomic mass is 32.2. The molecule has 2 rings (SSSR count). The summed E-state index contributed by atoms with van der Waals surface area (Å²) >= 11 is 0. The van der Waals surface area contributed by atoms with Crippen molar-refractivity contribution >= 4 is 15.7 Å². The Morgan fingerprint density at radius 3 is 1.84 bits per heavy atom. The van der Waals surface area contributed by atoms with Gasteiger partial charge in [0.2, 0.25) is 0 Å². The van der Waals surface area contributed by atoms with Crippen LogP contribution in [0, 0.1) is 13.8 Å². The number of benzene rings is 2. The summed E-state index contributed by atoms with van der Waals surface area (Å²) < 4.78 is 27.9. The summed E-state index contributed by atoms with van der Waals surface area (Å²) in [6.45, 7) is 6.67. The Morgan fingerprint density at radius 1 is 0.760 bits per heavy atom. The summed E-state index contributed by atoms with van der Waals surface area (Å²) in [5.41, 5.74) is 2.92. The third-order valence-electron chi connectivity index (χ3n) is 4.40. The van der Waals surface area contributed by atoms with Crippen LogP contribution in [0.2, 0.25) is 0 Å². The zero-order chi connectivity index (χ0) is 18.3. The molecule has 0 amide bonds. The van der Waals surface area contributed by atoms with Crippen molar-refractivity contribution in [3.8, 4) is 0 Å². The third kappa shape index (κ3) is 5.33. The number of aryl methyl sites for hydroxylation is 2. The molecular weight excluding hydrogens is 330 g/mol. The summed E-state index contributed by atoms with van der Waals surface area (Å²) in [6.07, 6.45) is 5.47. The van der Waals surface area contributed by atoms with Gasteiger partial charge in [-0.1, -0.05) is 68.0 Å². The van der Waals surface area contributed by atoms with Gasteiger partial charge < -0.3 is 0 Å². The zero-order valence-corrected chi connectivity index (χ0v) is 16.3. The Morgan fingerprint density at radius 2 is 1.28 bits per heavy atom. The first-order valence-electron chi connectivity index (χ1n) is 9.11. The Kier molecular flexibility index (Phi) is 7.06. The van der Waals surface area contributed by atoms with Crippen molar-refractivity contribution < 1.29 is 8.42 Å². The van der Waals surface area contributed by atoms with Crippen LogP contribution in [0.1, 0.15) is 50.2 Å². The van der Waals surface area contributed by atoms with Crippen LogP contribution in [0.5, 0.6) is 0 Å². The minimum Gasteiger partial charge on any atom is -0.266 e. The van der Waals surface area contributed by atoms with E-state index in [4.69, 9.17) is 0 Å². The quantitative estimate of drug-likeness (QED) is 0.557. The van der Waals surface area contributed by atoms with Crippen molar-refractivity contribution in [3.63, 3.8) is 0 Å². The second-order valence-electron chi connectivity index (χ2n) is 6.64. The maximum Gasteiger partial charge on any atom is 0.264 e. The molecule has 0 spiro atoms. The predicted molar refractivity (Wildman–Crippen MR) is 106 cm³/mol. The molecule has 2 aromatic carbocycles. The molecule has 0 bridgehead atoms. The average molecular weight is 360 g/mol.